The number of hydrogen-bond donors (Lipinski definition) is 1. The molecule has 2 aromatic carbocycles. The molecule has 3 rings (SSSR count). The summed E-state index contributed by atoms with van der Waals surface area (Å²) < 4.78 is 5.48. The van der Waals surface area contributed by atoms with Crippen molar-refractivity contribution in [1.82, 2.24) is 0 Å². The first kappa shape index (κ1) is 19.7. The van der Waals surface area contributed by atoms with E-state index in [4.69, 9.17) is 18.0 Å². The van der Waals surface area contributed by atoms with Crippen LogP contribution in [0.3, 0.4) is 0 Å². The first-order valence-corrected chi connectivity index (χ1v) is 9.27. The zero-order chi connectivity index (χ0) is 20.3. The number of fused-ring (bicyclic) bond motifs is 1. The molecule has 0 bridgehead atoms. The Kier molecular flexibility index (Phi) is 5.88. The Balaban J connectivity index is 2.11. The third kappa shape index (κ3) is 4.45. The smallest absolute Gasteiger partial charge is 0.336 e. The SMILES string of the molecule is [B]c1cccc(-c2cc(=O)oc3cc(N(C)C)c(CCCCC(N)=O)cc23)c1. The highest BCUT2D eigenvalue weighted by Crippen LogP contribution is 2.32. The molecule has 0 aliphatic heterocycles. The fraction of sp³-hybridized carbons (Fsp3) is 0.273. The van der Waals surface area contributed by atoms with Crippen LogP contribution in [0.4, 0.5) is 5.69 Å². The average molecular weight is 374 g/mol. The van der Waals surface area contributed by atoms with Gasteiger partial charge in [0.1, 0.15) is 13.4 Å². The molecule has 1 amide bonds. The summed E-state index contributed by atoms with van der Waals surface area (Å²) in [5.41, 5.74) is 9.78. The average Bonchev–Trinajstić information content (AvgIpc) is 2.63. The van der Waals surface area contributed by atoms with Crippen molar-refractivity contribution in [2.45, 2.75) is 25.7 Å². The molecule has 3 aromatic rings. The second kappa shape index (κ2) is 8.34. The lowest BCUT2D eigenvalue weighted by Crippen LogP contribution is -2.12. The van der Waals surface area contributed by atoms with Crippen LogP contribution in [0, 0.1) is 0 Å². The molecule has 2 N–H and O–H groups in total. The summed E-state index contributed by atoms with van der Waals surface area (Å²) in [4.78, 5) is 25.1. The maximum absolute atomic E-state index is 12.1. The van der Waals surface area contributed by atoms with E-state index in [-0.39, 0.29) is 5.91 Å². The summed E-state index contributed by atoms with van der Waals surface area (Å²) in [6, 6.07) is 12.9. The molecule has 2 radical (unpaired) electrons. The van der Waals surface area contributed by atoms with Gasteiger partial charge in [0.25, 0.3) is 0 Å². The minimum absolute atomic E-state index is 0.280. The molecular formula is C22H23BN2O3. The maximum Gasteiger partial charge on any atom is 0.336 e. The second-order valence-corrected chi connectivity index (χ2v) is 7.15. The van der Waals surface area contributed by atoms with Crippen molar-refractivity contribution in [2.75, 3.05) is 19.0 Å². The third-order valence-corrected chi connectivity index (χ3v) is 4.74. The normalized spacial score (nSPS) is 10.9. The molecule has 0 aliphatic carbocycles. The second-order valence-electron chi connectivity index (χ2n) is 7.15. The molecule has 5 nitrogen and oxygen atoms in total. The number of rotatable bonds is 7. The number of unbranched alkanes of at least 4 members (excludes halogenated alkanes) is 1. The van der Waals surface area contributed by atoms with E-state index in [0.717, 1.165) is 47.0 Å². The number of nitrogens with zero attached hydrogens (tertiary/aromatic N) is 1. The van der Waals surface area contributed by atoms with E-state index in [1.807, 2.05) is 49.3 Å². The maximum atomic E-state index is 12.1. The topological polar surface area (TPSA) is 76.5 Å². The monoisotopic (exact) mass is 374 g/mol. The van der Waals surface area contributed by atoms with Crippen LogP contribution in [0.2, 0.25) is 0 Å². The first-order chi connectivity index (χ1) is 13.3. The van der Waals surface area contributed by atoms with Gasteiger partial charge in [0.05, 0.1) is 0 Å². The van der Waals surface area contributed by atoms with Crippen LogP contribution < -0.4 is 21.7 Å². The summed E-state index contributed by atoms with van der Waals surface area (Å²) in [5.74, 6) is -0.280. The Morgan fingerprint density at radius 2 is 1.93 bits per heavy atom. The largest absolute Gasteiger partial charge is 0.423 e. The molecule has 1 heterocycles. The zero-order valence-corrected chi connectivity index (χ0v) is 16.2. The Morgan fingerprint density at radius 3 is 2.61 bits per heavy atom. The number of hydrogen-bond acceptors (Lipinski definition) is 4. The molecule has 0 aliphatic rings. The quantitative estimate of drug-likeness (QED) is 0.392. The van der Waals surface area contributed by atoms with Crippen molar-refractivity contribution in [1.29, 1.82) is 0 Å². The minimum atomic E-state index is -0.399. The fourth-order valence-corrected chi connectivity index (χ4v) is 3.42. The van der Waals surface area contributed by atoms with Gasteiger partial charge < -0.3 is 15.1 Å². The van der Waals surface area contributed by atoms with Crippen LogP contribution in [0.1, 0.15) is 24.8 Å². The number of primary amides is 1. The number of anilines is 1. The van der Waals surface area contributed by atoms with Crippen molar-refractivity contribution in [3.8, 4) is 11.1 Å². The first-order valence-electron chi connectivity index (χ1n) is 9.27. The molecule has 0 unspecified atom stereocenters. The number of carbonyl (C=O) groups excluding carboxylic acids is 1. The summed E-state index contributed by atoms with van der Waals surface area (Å²) in [6.07, 6.45) is 2.77. The van der Waals surface area contributed by atoms with Crippen molar-refractivity contribution in [3.63, 3.8) is 0 Å². The highest BCUT2D eigenvalue weighted by atomic mass is 16.4. The highest BCUT2D eigenvalue weighted by molar-refractivity contribution is 6.32. The Bertz CT molecular complexity index is 1070. The van der Waals surface area contributed by atoms with E-state index in [0.29, 0.717) is 17.5 Å². The molecule has 0 saturated heterocycles. The predicted molar refractivity (Wildman–Crippen MR) is 114 cm³/mol. The lowest BCUT2D eigenvalue weighted by molar-refractivity contribution is -0.118. The lowest BCUT2D eigenvalue weighted by atomic mass is 9.91. The minimum Gasteiger partial charge on any atom is -0.423 e. The molecule has 1 aromatic heterocycles. The van der Waals surface area contributed by atoms with Crippen LogP contribution in [-0.2, 0) is 11.2 Å². The van der Waals surface area contributed by atoms with Crippen molar-refractivity contribution in [2.24, 2.45) is 5.73 Å². The number of benzene rings is 2. The molecular weight excluding hydrogens is 351 g/mol. The molecule has 0 spiro atoms. The van der Waals surface area contributed by atoms with Crippen LogP contribution >= 0.6 is 0 Å². The van der Waals surface area contributed by atoms with Gasteiger partial charge in [-0.25, -0.2) is 4.79 Å². The molecule has 28 heavy (non-hydrogen) atoms. The van der Waals surface area contributed by atoms with Gasteiger partial charge >= 0.3 is 5.63 Å². The van der Waals surface area contributed by atoms with E-state index >= 15 is 0 Å². The van der Waals surface area contributed by atoms with Gasteiger partial charge in [0.15, 0.2) is 0 Å². The summed E-state index contributed by atoms with van der Waals surface area (Å²) >= 11 is 0. The molecule has 142 valence electrons. The van der Waals surface area contributed by atoms with E-state index in [9.17, 15) is 9.59 Å². The van der Waals surface area contributed by atoms with E-state index in [1.54, 1.807) is 0 Å². The highest BCUT2D eigenvalue weighted by Gasteiger charge is 2.14. The molecule has 0 fully saturated rings. The Labute approximate surface area is 165 Å². The van der Waals surface area contributed by atoms with Gasteiger partial charge in [0, 0.05) is 43.7 Å². The van der Waals surface area contributed by atoms with Crippen LogP contribution in [-0.4, -0.2) is 27.8 Å². The van der Waals surface area contributed by atoms with Gasteiger partial charge in [-0.05, 0) is 42.0 Å². The Morgan fingerprint density at radius 1 is 1.14 bits per heavy atom. The standard InChI is InChI=1S/C22H23BN2O3/c1-25(2)19-13-20-18(11-15(19)6-3-4-9-21(24)26)17(12-22(27)28-20)14-7-5-8-16(23)10-14/h5,7-8,10-13H,3-4,6,9H2,1-2H3,(H2,24,26). The number of aryl methyl sites for hydroxylation is 1. The lowest BCUT2D eigenvalue weighted by Gasteiger charge is -2.19. The van der Waals surface area contributed by atoms with Gasteiger partial charge in [-0.15, -0.1) is 0 Å². The number of carbonyl (C=O) groups is 1. The van der Waals surface area contributed by atoms with E-state index < -0.39 is 5.63 Å². The van der Waals surface area contributed by atoms with Crippen LogP contribution in [0.15, 0.2) is 51.7 Å². The fourth-order valence-electron chi connectivity index (χ4n) is 3.42. The van der Waals surface area contributed by atoms with Crippen molar-refractivity contribution < 1.29 is 9.21 Å². The molecule has 6 heteroatoms. The van der Waals surface area contributed by atoms with Gasteiger partial charge in [-0.1, -0.05) is 29.7 Å². The predicted octanol–water partition coefficient (Wildman–Crippen LogP) is 2.52. The Hall–Kier alpha value is -3.02. The van der Waals surface area contributed by atoms with Gasteiger partial charge in [-0.3, -0.25) is 4.79 Å². The molecule has 0 saturated carbocycles. The van der Waals surface area contributed by atoms with Crippen LogP contribution in [0.5, 0.6) is 0 Å². The van der Waals surface area contributed by atoms with E-state index in [1.165, 1.54) is 6.07 Å². The third-order valence-electron chi connectivity index (χ3n) is 4.74. The number of amides is 1. The van der Waals surface area contributed by atoms with Crippen molar-refractivity contribution in [3.05, 3.63) is 58.4 Å². The van der Waals surface area contributed by atoms with Crippen molar-refractivity contribution >= 4 is 35.9 Å². The zero-order valence-electron chi connectivity index (χ0n) is 16.2. The van der Waals surface area contributed by atoms with E-state index in [2.05, 4.69) is 6.07 Å². The summed E-state index contributed by atoms with van der Waals surface area (Å²) in [6.45, 7) is 0. The summed E-state index contributed by atoms with van der Waals surface area (Å²) in [7, 11) is 9.84. The van der Waals surface area contributed by atoms with Crippen LogP contribution in [0.25, 0.3) is 22.1 Å². The van der Waals surface area contributed by atoms with Gasteiger partial charge in [-0.2, -0.15) is 0 Å². The number of nitrogens with two attached hydrogens (primary N) is 1. The van der Waals surface area contributed by atoms with Gasteiger partial charge in [0.2, 0.25) is 5.91 Å². The summed E-state index contributed by atoms with van der Waals surface area (Å²) in [5, 5.41) is 0.862. The molecule has 0 atom stereocenters.